The molecule has 2 aromatic heterocycles. The second-order valence-electron chi connectivity index (χ2n) is 6.79. The fourth-order valence-electron chi connectivity index (χ4n) is 2.87. The average Bonchev–Trinajstić information content (AvgIpc) is 3.01. The molecule has 0 unspecified atom stereocenters. The van der Waals surface area contributed by atoms with Crippen molar-refractivity contribution >= 4 is 11.6 Å². The topological polar surface area (TPSA) is 85.0 Å². The van der Waals surface area contributed by atoms with Crippen LogP contribution in [0.15, 0.2) is 47.3 Å². The summed E-state index contributed by atoms with van der Waals surface area (Å²) in [6.07, 6.45) is 0. The van der Waals surface area contributed by atoms with Crippen molar-refractivity contribution in [3.63, 3.8) is 0 Å². The summed E-state index contributed by atoms with van der Waals surface area (Å²) < 4.78 is 3.03. The maximum absolute atomic E-state index is 12.4. The third kappa shape index (κ3) is 4.28. The van der Waals surface area contributed by atoms with E-state index in [-0.39, 0.29) is 18.0 Å². The van der Waals surface area contributed by atoms with Crippen LogP contribution in [0.5, 0.6) is 0 Å². The molecule has 8 heteroatoms. The van der Waals surface area contributed by atoms with Gasteiger partial charge >= 0.3 is 0 Å². The first-order chi connectivity index (χ1) is 13.3. The number of aryl methyl sites for hydroxylation is 2. The quantitative estimate of drug-likeness (QED) is 0.701. The van der Waals surface area contributed by atoms with Crippen LogP contribution in [0.25, 0.3) is 5.82 Å². The van der Waals surface area contributed by atoms with Crippen LogP contribution in [0.3, 0.4) is 0 Å². The molecule has 0 spiro atoms. The van der Waals surface area contributed by atoms with E-state index in [1.165, 1.54) is 10.7 Å². The maximum Gasteiger partial charge on any atom is 0.266 e. The van der Waals surface area contributed by atoms with E-state index in [9.17, 15) is 9.59 Å². The second-order valence-corrected chi connectivity index (χ2v) is 6.79. The predicted octanol–water partition coefficient (Wildman–Crippen LogP) is 1.54. The molecular formula is C20H24N6O2. The molecule has 0 aliphatic rings. The fraction of sp³-hybridized carbons (Fsp3) is 0.300. The molecule has 0 radical (unpaired) electrons. The van der Waals surface area contributed by atoms with Crippen molar-refractivity contribution in [2.45, 2.75) is 20.4 Å². The molecule has 28 heavy (non-hydrogen) atoms. The Morgan fingerprint density at radius 2 is 1.89 bits per heavy atom. The van der Waals surface area contributed by atoms with Crippen molar-refractivity contribution in [2.75, 3.05) is 25.5 Å². The standard InChI is InChI=1S/C20H24N6O2/c1-14-12-15(2)26(22-14)18-8-9-19(27)25(23-18)11-10-21-20(28)16-6-5-7-17(13-16)24(3)4/h5-9,12-13H,10-11H2,1-4H3,(H,21,28). The first kappa shape index (κ1) is 19.3. The van der Waals surface area contributed by atoms with Crippen LogP contribution < -0.4 is 15.8 Å². The highest BCUT2D eigenvalue weighted by Gasteiger charge is 2.09. The highest BCUT2D eigenvalue weighted by atomic mass is 16.2. The lowest BCUT2D eigenvalue weighted by atomic mass is 10.2. The Balaban J connectivity index is 1.69. The van der Waals surface area contributed by atoms with Crippen LogP contribution in [0, 0.1) is 13.8 Å². The normalized spacial score (nSPS) is 10.7. The molecule has 3 rings (SSSR count). The molecular weight excluding hydrogens is 356 g/mol. The van der Waals surface area contributed by atoms with Gasteiger partial charge in [-0.05, 0) is 44.2 Å². The van der Waals surface area contributed by atoms with E-state index in [0.717, 1.165) is 17.1 Å². The van der Waals surface area contributed by atoms with Gasteiger partial charge in [-0.25, -0.2) is 9.36 Å². The number of hydrogen-bond acceptors (Lipinski definition) is 5. The van der Waals surface area contributed by atoms with Gasteiger partial charge in [0.2, 0.25) is 0 Å². The maximum atomic E-state index is 12.4. The molecule has 0 atom stereocenters. The molecule has 0 aliphatic carbocycles. The van der Waals surface area contributed by atoms with Gasteiger partial charge in [0.1, 0.15) is 0 Å². The van der Waals surface area contributed by atoms with Crippen molar-refractivity contribution in [3.05, 3.63) is 69.8 Å². The number of hydrogen-bond donors (Lipinski definition) is 1. The zero-order valence-electron chi connectivity index (χ0n) is 16.5. The monoisotopic (exact) mass is 380 g/mol. The van der Waals surface area contributed by atoms with E-state index in [0.29, 0.717) is 17.9 Å². The van der Waals surface area contributed by atoms with Gasteiger partial charge in [-0.2, -0.15) is 5.10 Å². The first-order valence-electron chi connectivity index (χ1n) is 9.02. The summed E-state index contributed by atoms with van der Waals surface area (Å²) in [6, 6.07) is 12.4. The summed E-state index contributed by atoms with van der Waals surface area (Å²) in [5.74, 6) is 0.377. The Bertz CT molecular complexity index is 1050. The van der Waals surface area contributed by atoms with Crippen LogP contribution in [-0.4, -0.2) is 46.1 Å². The molecule has 3 aromatic rings. The third-order valence-corrected chi connectivity index (χ3v) is 4.31. The van der Waals surface area contributed by atoms with Gasteiger partial charge < -0.3 is 10.2 Å². The summed E-state index contributed by atoms with van der Waals surface area (Å²) in [4.78, 5) is 26.4. The minimum Gasteiger partial charge on any atom is -0.378 e. The summed E-state index contributed by atoms with van der Waals surface area (Å²) in [6.45, 7) is 4.39. The number of carbonyl (C=O) groups excluding carboxylic acids is 1. The highest BCUT2D eigenvalue weighted by molar-refractivity contribution is 5.95. The third-order valence-electron chi connectivity index (χ3n) is 4.31. The minimum absolute atomic E-state index is 0.188. The number of anilines is 1. The SMILES string of the molecule is Cc1cc(C)n(-c2ccc(=O)n(CCNC(=O)c3cccc(N(C)C)c3)n2)n1. The first-order valence-corrected chi connectivity index (χ1v) is 9.02. The van der Waals surface area contributed by atoms with Crippen LogP contribution in [0.2, 0.25) is 0 Å². The minimum atomic E-state index is -0.228. The molecule has 1 aromatic carbocycles. The van der Waals surface area contributed by atoms with Gasteiger partial charge in [-0.15, -0.1) is 5.10 Å². The zero-order chi connectivity index (χ0) is 20.3. The van der Waals surface area contributed by atoms with E-state index in [2.05, 4.69) is 15.5 Å². The molecule has 2 heterocycles. The Hall–Kier alpha value is -3.42. The van der Waals surface area contributed by atoms with Crippen molar-refractivity contribution in [1.82, 2.24) is 24.9 Å². The second kappa shape index (κ2) is 8.08. The Kier molecular flexibility index (Phi) is 5.58. The fourth-order valence-corrected chi connectivity index (χ4v) is 2.87. The molecule has 0 saturated carbocycles. The van der Waals surface area contributed by atoms with E-state index >= 15 is 0 Å². The molecule has 1 amide bonds. The molecule has 0 fully saturated rings. The van der Waals surface area contributed by atoms with Crippen LogP contribution in [0.1, 0.15) is 21.7 Å². The average molecular weight is 380 g/mol. The van der Waals surface area contributed by atoms with Crippen LogP contribution in [0.4, 0.5) is 5.69 Å². The number of benzene rings is 1. The predicted molar refractivity (Wildman–Crippen MR) is 108 cm³/mol. The van der Waals surface area contributed by atoms with E-state index < -0.39 is 0 Å². The van der Waals surface area contributed by atoms with Crippen LogP contribution >= 0.6 is 0 Å². The van der Waals surface area contributed by atoms with Gasteiger partial charge in [-0.3, -0.25) is 9.59 Å². The van der Waals surface area contributed by atoms with Gasteiger partial charge in [-0.1, -0.05) is 6.07 Å². The molecule has 0 saturated heterocycles. The van der Waals surface area contributed by atoms with Crippen LogP contribution in [-0.2, 0) is 6.54 Å². The van der Waals surface area contributed by atoms with Gasteiger partial charge in [0.05, 0.1) is 12.2 Å². The summed E-state index contributed by atoms with van der Waals surface area (Å²) in [5, 5.41) is 11.6. The smallest absolute Gasteiger partial charge is 0.266 e. The Morgan fingerprint density at radius 1 is 1.11 bits per heavy atom. The number of aromatic nitrogens is 4. The lowest BCUT2D eigenvalue weighted by Gasteiger charge is -2.13. The summed E-state index contributed by atoms with van der Waals surface area (Å²) >= 11 is 0. The van der Waals surface area contributed by atoms with Gasteiger partial charge in [0, 0.05) is 43.7 Å². The molecule has 0 aliphatic heterocycles. The number of nitrogens with zero attached hydrogens (tertiary/aromatic N) is 5. The number of amides is 1. The molecule has 0 bridgehead atoms. The van der Waals surface area contributed by atoms with Crippen molar-refractivity contribution in [2.24, 2.45) is 0 Å². The largest absolute Gasteiger partial charge is 0.378 e. The number of carbonyl (C=O) groups is 1. The zero-order valence-corrected chi connectivity index (χ0v) is 16.5. The highest BCUT2D eigenvalue weighted by Crippen LogP contribution is 2.13. The summed E-state index contributed by atoms with van der Waals surface area (Å²) in [5.41, 5.74) is 3.11. The molecule has 146 valence electrons. The van der Waals surface area contributed by atoms with Gasteiger partial charge in [0.15, 0.2) is 5.82 Å². The molecule has 1 N–H and O–H groups in total. The number of nitrogens with one attached hydrogen (secondary N) is 1. The van der Waals surface area contributed by atoms with E-state index in [1.54, 1.807) is 16.8 Å². The van der Waals surface area contributed by atoms with Crippen molar-refractivity contribution < 1.29 is 4.79 Å². The Morgan fingerprint density at radius 3 is 2.57 bits per heavy atom. The lowest BCUT2D eigenvalue weighted by Crippen LogP contribution is -2.32. The number of rotatable bonds is 6. The van der Waals surface area contributed by atoms with Crippen molar-refractivity contribution in [3.8, 4) is 5.82 Å². The Labute approximate surface area is 163 Å². The lowest BCUT2D eigenvalue weighted by molar-refractivity contribution is 0.0952. The van der Waals surface area contributed by atoms with E-state index in [1.807, 2.05) is 57.1 Å². The van der Waals surface area contributed by atoms with Crippen molar-refractivity contribution in [1.29, 1.82) is 0 Å². The summed E-state index contributed by atoms with van der Waals surface area (Å²) in [7, 11) is 3.84. The van der Waals surface area contributed by atoms with E-state index in [4.69, 9.17) is 0 Å². The molecule has 8 nitrogen and oxygen atoms in total. The van der Waals surface area contributed by atoms with Gasteiger partial charge in [0.25, 0.3) is 11.5 Å².